The fourth-order valence-corrected chi connectivity index (χ4v) is 2.04. The fourth-order valence-electron chi connectivity index (χ4n) is 2.04. The Bertz CT molecular complexity index is 447. The molecule has 0 bridgehead atoms. The summed E-state index contributed by atoms with van der Waals surface area (Å²) in [4.78, 5) is 23.9. The summed E-state index contributed by atoms with van der Waals surface area (Å²) in [5, 5.41) is 8.76. The van der Waals surface area contributed by atoms with Gasteiger partial charge in [-0.3, -0.25) is 9.59 Å². The molecule has 4 heteroatoms. The minimum Gasteiger partial charge on any atom is -0.481 e. The maximum Gasteiger partial charge on any atom is 0.317 e. The van der Waals surface area contributed by atoms with Gasteiger partial charge in [-0.05, 0) is 25.0 Å². The third-order valence-corrected chi connectivity index (χ3v) is 2.94. The highest BCUT2D eigenvalue weighted by molar-refractivity contribution is 6.12. The predicted octanol–water partition coefficient (Wildman–Crippen LogP) is 1.35. The third kappa shape index (κ3) is 1.46. The average molecular weight is 219 g/mol. The molecule has 1 aromatic carbocycles. The molecular weight excluding hydrogens is 206 g/mol. The number of carboxylic acids is 1. The van der Waals surface area contributed by atoms with E-state index in [1.807, 2.05) is 32.0 Å². The van der Waals surface area contributed by atoms with Crippen molar-refractivity contribution in [3.8, 4) is 0 Å². The van der Waals surface area contributed by atoms with Crippen LogP contribution in [0, 0.1) is 19.8 Å². The molecule has 1 saturated heterocycles. The van der Waals surface area contributed by atoms with Crippen molar-refractivity contribution in [2.75, 3.05) is 11.4 Å². The first-order valence-corrected chi connectivity index (χ1v) is 5.12. The Balaban J connectivity index is 2.29. The lowest BCUT2D eigenvalue weighted by Gasteiger charge is -2.37. The molecule has 1 unspecified atom stereocenters. The summed E-state index contributed by atoms with van der Waals surface area (Å²) in [7, 11) is 0. The molecule has 0 aromatic heterocycles. The Morgan fingerprint density at radius 3 is 2.38 bits per heavy atom. The van der Waals surface area contributed by atoms with Crippen molar-refractivity contribution in [2.24, 2.45) is 5.92 Å². The number of amides is 1. The molecule has 1 aromatic rings. The zero-order valence-electron chi connectivity index (χ0n) is 9.23. The SMILES string of the molecule is Cc1cccc(C)c1N1CC(C(=O)O)C1=O. The molecule has 1 aliphatic heterocycles. The molecule has 4 nitrogen and oxygen atoms in total. The van der Waals surface area contributed by atoms with Gasteiger partial charge in [-0.1, -0.05) is 18.2 Å². The highest BCUT2D eigenvalue weighted by Gasteiger charge is 2.43. The Hall–Kier alpha value is -1.84. The Morgan fingerprint density at radius 1 is 1.38 bits per heavy atom. The lowest BCUT2D eigenvalue weighted by Crippen LogP contribution is -2.56. The number of β-lactam (4-membered cyclic amide) rings is 1. The lowest BCUT2D eigenvalue weighted by molar-refractivity contribution is -0.149. The van der Waals surface area contributed by atoms with E-state index in [4.69, 9.17) is 5.11 Å². The van der Waals surface area contributed by atoms with E-state index in [1.165, 1.54) is 0 Å². The third-order valence-electron chi connectivity index (χ3n) is 2.94. The Labute approximate surface area is 93.5 Å². The molecule has 84 valence electrons. The summed E-state index contributed by atoms with van der Waals surface area (Å²) in [5.41, 5.74) is 2.85. The summed E-state index contributed by atoms with van der Waals surface area (Å²) < 4.78 is 0. The van der Waals surface area contributed by atoms with Gasteiger partial charge in [0.15, 0.2) is 5.92 Å². The predicted molar refractivity (Wildman–Crippen MR) is 59.4 cm³/mol. The first-order valence-electron chi connectivity index (χ1n) is 5.12. The van der Waals surface area contributed by atoms with Gasteiger partial charge in [0.2, 0.25) is 5.91 Å². The van der Waals surface area contributed by atoms with Crippen molar-refractivity contribution in [2.45, 2.75) is 13.8 Å². The van der Waals surface area contributed by atoms with E-state index < -0.39 is 11.9 Å². The van der Waals surface area contributed by atoms with Crippen LogP contribution in [0.25, 0.3) is 0 Å². The minimum absolute atomic E-state index is 0.278. The quantitative estimate of drug-likeness (QED) is 0.603. The molecule has 16 heavy (non-hydrogen) atoms. The van der Waals surface area contributed by atoms with Crippen LogP contribution in [0.1, 0.15) is 11.1 Å². The van der Waals surface area contributed by atoms with Crippen LogP contribution in [0.3, 0.4) is 0 Å². The molecule has 1 N–H and O–H groups in total. The number of nitrogens with zero attached hydrogens (tertiary/aromatic N) is 1. The van der Waals surface area contributed by atoms with Crippen LogP contribution >= 0.6 is 0 Å². The first kappa shape index (κ1) is 10.7. The monoisotopic (exact) mass is 219 g/mol. The van der Waals surface area contributed by atoms with Gasteiger partial charge < -0.3 is 10.0 Å². The van der Waals surface area contributed by atoms with Gasteiger partial charge in [0, 0.05) is 12.2 Å². The van der Waals surface area contributed by atoms with Crippen LogP contribution in [0.4, 0.5) is 5.69 Å². The number of carbonyl (C=O) groups excluding carboxylic acids is 1. The minimum atomic E-state index is -1.03. The fraction of sp³-hybridized carbons (Fsp3) is 0.333. The van der Waals surface area contributed by atoms with Crippen molar-refractivity contribution in [1.82, 2.24) is 0 Å². The molecule has 0 radical (unpaired) electrons. The van der Waals surface area contributed by atoms with E-state index in [2.05, 4.69) is 0 Å². The van der Waals surface area contributed by atoms with Gasteiger partial charge in [0.05, 0.1) is 0 Å². The van der Waals surface area contributed by atoms with Crippen LogP contribution in [0.5, 0.6) is 0 Å². The maximum atomic E-state index is 11.7. The highest BCUT2D eigenvalue weighted by atomic mass is 16.4. The van der Waals surface area contributed by atoms with Gasteiger partial charge in [0.1, 0.15) is 0 Å². The highest BCUT2D eigenvalue weighted by Crippen LogP contribution is 2.31. The standard InChI is InChI=1S/C12H13NO3/c1-7-4-3-5-8(2)10(7)13-6-9(11(13)14)12(15)16/h3-5,9H,6H2,1-2H3,(H,15,16). The van der Waals surface area contributed by atoms with Crippen molar-refractivity contribution in [3.05, 3.63) is 29.3 Å². The number of carboxylic acid groups (broad SMARTS) is 1. The van der Waals surface area contributed by atoms with Crippen molar-refractivity contribution >= 4 is 17.6 Å². The summed E-state index contributed by atoms with van der Waals surface area (Å²) >= 11 is 0. The van der Waals surface area contributed by atoms with Gasteiger partial charge in [-0.25, -0.2) is 0 Å². The second-order valence-corrected chi connectivity index (χ2v) is 4.08. The lowest BCUT2D eigenvalue weighted by atomic mass is 9.95. The number of anilines is 1. The van der Waals surface area contributed by atoms with Crippen LogP contribution in [-0.4, -0.2) is 23.5 Å². The number of rotatable bonds is 2. The summed E-state index contributed by atoms with van der Waals surface area (Å²) in [6, 6.07) is 5.76. The van der Waals surface area contributed by atoms with Crippen molar-refractivity contribution < 1.29 is 14.7 Å². The second kappa shape index (κ2) is 3.63. The van der Waals surface area contributed by atoms with Gasteiger partial charge in [0.25, 0.3) is 0 Å². The molecule has 0 aliphatic carbocycles. The number of hydrogen-bond acceptors (Lipinski definition) is 2. The van der Waals surface area contributed by atoms with E-state index in [0.717, 1.165) is 16.8 Å². The Kier molecular flexibility index (Phi) is 2.42. The van der Waals surface area contributed by atoms with Crippen LogP contribution < -0.4 is 4.90 Å². The maximum absolute atomic E-state index is 11.7. The van der Waals surface area contributed by atoms with E-state index in [9.17, 15) is 9.59 Å². The largest absolute Gasteiger partial charge is 0.481 e. The molecule has 0 spiro atoms. The molecule has 1 fully saturated rings. The Morgan fingerprint density at radius 2 is 1.94 bits per heavy atom. The average Bonchev–Trinajstić information content (AvgIpc) is 2.20. The van der Waals surface area contributed by atoms with Crippen LogP contribution in [-0.2, 0) is 9.59 Å². The molecule has 1 aliphatic rings. The van der Waals surface area contributed by atoms with Gasteiger partial charge in [-0.2, -0.15) is 0 Å². The van der Waals surface area contributed by atoms with Crippen molar-refractivity contribution in [1.29, 1.82) is 0 Å². The summed E-state index contributed by atoms with van der Waals surface area (Å²) in [6.45, 7) is 4.12. The van der Waals surface area contributed by atoms with Crippen molar-refractivity contribution in [3.63, 3.8) is 0 Å². The number of aryl methyl sites for hydroxylation is 2. The first-order chi connectivity index (χ1) is 7.52. The molecule has 1 atom stereocenters. The number of para-hydroxylation sites is 1. The van der Waals surface area contributed by atoms with Gasteiger partial charge in [-0.15, -0.1) is 0 Å². The van der Waals surface area contributed by atoms with E-state index in [0.29, 0.717) is 0 Å². The normalized spacial score (nSPS) is 19.5. The number of benzene rings is 1. The second-order valence-electron chi connectivity index (χ2n) is 4.08. The molecule has 0 saturated carbocycles. The molecular formula is C12H13NO3. The number of hydrogen-bond donors (Lipinski definition) is 1. The molecule has 1 amide bonds. The van der Waals surface area contributed by atoms with Crippen LogP contribution in [0.2, 0.25) is 0 Å². The summed E-state index contributed by atoms with van der Waals surface area (Å²) in [5.74, 6) is -2.21. The van der Waals surface area contributed by atoms with E-state index in [1.54, 1.807) is 4.90 Å². The van der Waals surface area contributed by atoms with E-state index in [-0.39, 0.29) is 12.5 Å². The zero-order valence-corrected chi connectivity index (χ0v) is 9.23. The smallest absolute Gasteiger partial charge is 0.317 e. The number of carbonyl (C=O) groups is 2. The summed E-state index contributed by atoms with van der Waals surface area (Å²) in [6.07, 6.45) is 0. The zero-order chi connectivity index (χ0) is 11.9. The topological polar surface area (TPSA) is 57.6 Å². The number of aliphatic carboxylic acids is 1. The van der Waals surface area contributed by atoms with Gasteiger partial charge >= 0.3 is 5.97 Å². The molecule has 1 heterocycles. The molecule has 2 rings (SSSR count). The van der Waals surface area contributed by atoms with E-state index >= 15 is 0 Å². The van der Waals surface area contributed by atoms with Crippen LogP contribution in [0.15, 0.2) is 18.2 Å².